The summed E-state index contributed by atoms with van der Waals surface area (Å²) in [6, 6.07) is 2.66. The minimum atomic E-state index is -0.143. The third-order valence-corrected chi connectivity index (χ3v) is 4.40. The number of aromatic nitrogens is 2. The molecule has 6 N–H and O–H groups in total. The van der Waals surface area contributed by atoms with Crippen molar-refractivity contribution in [2.75, 3.05) is 11.1 Å². The van der Waals surface area contributed by atoms with Crippen LogP contribution in [0.3, 0.4) is 0 Å². The van der Waals surface area contributed by atoms with Crippen LogP contribution in [0.4, 0.5) is 11.8 Å². The first kappa shape index (κ1) is 13.6. The van der Waals surface area contributed by atoms with E-state index in [0.717, 1.165) is 50.0 Å². The molecule has 110 valence electrons. The minimum absolute atomic E-state index is 0.143. The lowest BCUT2D eigenvalue weighted by Gasteiger charge is -2.32. The topological polar surface area (TPSA) is 110 Å². The van der Waals surface area contributed by atoms with Crippen molar-refractivity contribution in [2.45, 2.75) is 62.6 Å². The summed E-state index contributed by atoms with van der Waals surface area (Å²) in [5.41, 5.74) is 12.6. The molecule has 2 aliphatic rings. The van der Waals surface area contributed by atoms with E-state index in [1.807, 2.05) is 6.07 Å². The van der Waals surface area contributed by atoms with E-state index in [0.29, 0.717) is 23.9 Å². The summed E-state index contributed by atoms with van der Waals surface area (Å²) >= 11 is 0. The molecule has 20 heavy (non-hydrogen) atoms. The molecule has 0 radical (unpaired) electrons. The van der Waals surface area contributed by atoms with Crippen molar-refractivity contribution in [3.63, 3.8) is 0 Å². The van der Waals surface area contributed by atoms with Gasteiger partial charge in [-0.05, 0) is 38.5 Å². The van der Waals surface area contributed by atoms with Gasteiger partial charge in [0.05, 0.1) is 11.8 Å². The molecule has 1 aromatic rings. The molecule has 2 fully saturated rings. The standard InChI is InChI=1S/C14H23N5O/c15-9-5-8(6-9)12-7-13(19-14(16)18-12)17-10-1-3-11(20)4-2-10/h7-11,20H,1-6,15H2,(H3,16,17,18,19). The van der Waals surface area contributed by atoms with Crippen molar-refractivity contribution in [1.29, 1.82) is 0 Å². The molecule has 6 nitrogen and oxygen atoms in total. The van der Waals surface area contributed by atoms with Gasteiger partial charge in [-0.2, -0.15) is 4.98 Å². The van der Waals surface area contributed by atoms with Crippen LogP contribution < -0.4 is 16.8 Å². The maximum absolute atomic E-state index is 9.53. The summed E-state index contributed by atoms with van der Waals surface area (Å²) in [4.78, 5) is 8.60. The molecule has 2 saturated carbocycles. The minimum Gasteiger partial charge on any atom is -0.393 e. The number of aliphatic hydroxyl groups is 1. The summed E-state index contributed by atoms with van der Waals surface area (Å²) in [7, 11) is 0. The van der Waals surface area contributed by atoms with Gasteiger partial charge in [-0.3, -0.25) is 0 Å². The second-order valence-electron chi connectivity index (χ2n) is 6.11. The SMILES string of the molecule is Nc1nc(NC2CCC(O)CC2)cc(C2CC(N)C2)n1. The van der Waals surface area contributed by atoms with Crippen LogP contribution in [0.2, 0.25) is 0 Å². The van der Waals surface area contributed by atoms with Gasteiger partial charge in [0.15, 0.2) is 0 Å². The highest BCUT2D eigenvalue weighted by molar-refractivity contribution is 5.42. The Morgan fingerprint density at radius 1 is 1.15 bits per heavy atom. The van der Waals surface area contributed by atoms with Gasteiger partial charge < -0.3 is 21.9 Å². The lowest BCUT2D eigenvalue weighted by atomic mass is 9.78. The van der Waals surface area contributed by atoms with E-state index >= 15 is 0 Å². The normalized spacial score (nSPS) is 33.5. The maximum Gasteiger partial charge on any atom is 0.222 e. The van der Waals surface area contributed by atoms with E-state index in [1.54, 1.807) is 0 Å². The van der Waals surface area contributed by atoms with Gasteiger partial charge in [0.1, 0.15) is 5.82 Å². The van der Waals surface area contributed by atoms with Gasteiger partial charge in [0, 0.05) is 24.1 Å². The van der Waals surface area contributed by atoms with E-state index in [-0.39, 0.29) is 6.10 Å². The highest BCUT2D eigenvalue weighted by atomic mass is 16.3. The Kier molecular flexibility index (Phi) is 3.76. The third-order valence-electron chi connectivity index (χ3n) is 4.40. The number of nitrogens with two attached hydrogens (primary N) is 2. The molecule has 0 saturated heterocycles. The Morgan fingerprint density at radius 3 is 2.50 bits per heavy atom. The van der Waals surface area contributed by atoms with Crippen LogP contribution in [0, 0.1) is 0 Å². The number of nitrogen functional groups attached to an aromatic ring is 1. The zero-order valence-electron chi connectivity index (χ0n) is 11.6. The highest BCUT2D eigenvalue weighted by Crippen LogP contribution is 2.35. The molecular formula is C14H23N5O. The predicted octanol–water partition coefficient (Wildman–Crippen LogP) is 0.979. The molecule has 0 aliphatic heterocycles. The molecule has 0 unspecified atom stereocenters. The molecule has 2 aliphatic carbocycles. The van der Waals surface area contributed by atoms with Crippen molar-refractivity contribution in [2.24, 2.45) is 5.73 Å². The number of anilines is 2. The Balaban J connectivity index is 1.66. The van der Waals surface area contributed by atoms with Gasteiger partial charge in [0.2, 0.25) is 5.95 Å². The molecule has 0 spiro atoms. The first-order valence-electron chi connectivity index (χ1n) is 7.45. The Labute approximate surface area is 119 Å². The molecule has 3 rings (SSSR count). The van der Waals surface area contributed by atoms with Crippen LogP contribution >= 0.6 is 0 Å². The molecular weight excluding hydrogens is 254 g/mol. The van der Waals surface area contributed by atoms with Crippen LogP contribution in [0.5, 0.6) is 0 Å². The van der Waals surface area contributed by atoms with Gasteiger partial charge >= 0.3 is 0 Å². The molecule has 0 atom stereocenters. The molecule has 0 bridgehead atoms. The fraction of sp³-hybridized carbons (Fsp3) is 0.714. The quantitative estimate of drug-likeness (QED) is 0.655. The zero-order valence-corrected chi connectivity index (χ0v) is 11.6. The third kappa shape index (κ3) is 3.02. The number of hydrogen-bond donors (Lipinski definition) is 4. The van der Waals surface area contributed by atoms with Crippen LogP contribution in [0.1, 0.15) is 50.1 Å². The fourth-order valence-electron chi connectivity index (χ4n) is 3.10. The van der Waals surface area contributed by atoms with E-state index in [1.165, 1.54) is 0 Å². The monoisotopic (exact) mass is 277 g/mol. The zero-order chi connectivity index (χ0) is 14.1. The lowest BCUT2D eigenvalue weighted by molar-refractivity contribution is 0.126. The van der Waals surface area contributed by atoms with E-state index < -0.39 is 0 Å². The molecule has 1 heterocycles. The van der Waals surface area contributed by atoms with Gasteiger partial charge in [-0.1, -0.05) is 0 Å². The van der Waals surface area contributed by atoms with Crippen LogP contribution in [0.15, 0.2) is 6.07 Å². The van der Waals surface area contributed by atoms with Gasteiger partial charge in [-0.15, -0.1) is 0 Å². The highest BCUT2D eigenvalue weighted by Gasteiger charge is 2.29. The number of aliphatic hydroxyl groups excluding tert-OH is 1. The molecule has 6 heteroatoms. The maximum atomic E-state index is 9.53. The van der Waals surface area contributed by atoms with Gasteiger partial charge in [-0.25, -0.2) is 4.98 Å². The van der Waals surface area contributed by atoms with Crippen molar-refractivity contribution in [3.05, 3.63) is 11.8 Å². The summed E-state index contributed by atoms with van der Waals surface area (Å²) in [6.45, 7) is 0. The molecule has 0 amide bonds. The van der Waals surface area contributed by atoms with Crippen molar-refractivity contribution >= 4 is 11.8 Å². The summed E-state index contributed by atoms with van der Waals surface area (Å²) in [5.74, 6) is 1.54. The van der Waals surface area contributed by atoms with Crippen molar-refractivity contribution in [1.82, 2.24) is 9.97 Å². The van der Waals surface area contributed by atoms with E-state index in [2.05, 4.69) is 15.3 Å². The Bertz CT molecular complexity index is 467. The number of nitrogens with zero attached hydrogens (tertiary/aromatic N) is 2. The first-order valence-corrected chi connectivity index (χ1v) is 7.45. The second kappa shape index (κ2) is 5.54. The average molecular weight is 277 g/mol. The van der Waals surface area contributed by atoms with E-state index in [4.69, 9.17) is 11.5 Å². The molecule has 0 aromatic carbocycles. The van der Waals surface area contributed by atoms with Crippen LogP contribution in [-0.2, 0) is 0 Å². The first-order chi connectivity index (χ1) is 9.60. The number of nitrogens with one attached hydrogen (secondary N) is 1. The largest absolute Gasteiger partial charge is 0.393 e. The fourth-order valence-corrected chi connectivity index (χ4v) is 3.10. The smallest absolute Gasteiger partial charge is 0.222 e. The predicted molar refractivity (Wildman–Crippen MR) is 78.3 cm³/mol. The second-order valence-corrected chi connectivity index (χ2v) is 6.11. The van der Waals surface area contributed by atoms with Crippen LogP contribution in [-0.4, -0.2) is 33.3 Å². The summed E-state index contributed by atoms with van der Waals surface area (Å²) in [6.07, 6.45) is 5.45. The average Bonchev–Trinajstić information content (AvgIpc) is 2.37. The van der Waals surface area contributed by atoms with Crippen molar-refractivity contribution < 1.29 is 5.11 Å². The van der Waals surface area contributed by atoms with Crippen molar-refractivity contribution in [3.8, 4) is 0 Å². The summed E-state index contributed by atoms with van der Waals surface area (Å²) < 4.78 is 0. The van der Waals surface area contributed by atoms with E-state index in [9.17, 15) is 5.11 Å². The van der Waals surface area contributed by atoms with Crippen LogP contribution in [0.25, 0.3) is 0 Å². The Morgan fingerprint density at radius 2 is 1.85 bits per heavy atom. The molecule has 1 aromatic heterocycles. The summed E-state index contributed by atoms with van der Waals surface area (Å²) in [5, 5.41) is 13.0. The lowest BCUT2D eigenvalue weighted by Crippen LogP contribution is -2.35. The number of hydrogen-bond acceptors (Lipinski definition) is 6. The Hall–Kier alpha value is -1.40. The number of rotatable bonds is 3. The van der Waals surface area contributed by atoms with Gasteiger partial charge in [0.25, 0.3) is 0 Å².